The minimum absolute atomic E-state index is 0.173. The molecule has 158 valence electrons. The fraction of sp³-hybridized carbons (Fsp3) is 0.364. The van der Waals surface area contributed by atoms with Crippen LogP contribution in [0.25, 0.3) is 10.2 Å². The molecule has 0 spiro atoms. The summed E-state index contributed by atoms with van der Waals surface area (Å²) in [6.07, 6.45) is 0.487. The van der Waals surface area contributed by atoms with Crippen molar-refractivity contribution in [2.75, 3.05) is 43.4 Å². The maximum atomic E-state index is 13.0. The van der Waals surface area contributed by atoms with Gasteiger partial charge in [-0.05, 0) is 43.3 Å². The van der Waals surface area contributed by atoms with Crippen molar-refractivity contribution < 1.29 is 13.9 Å². The summed E-state index contributed by atoms with van der Waals surface area (Å²) in [5, 5.41) is 0.983. The van der Waals surface area contributed by atoms with Crippen molar-refractivity contribution in [1.29, 1.82) is 0 Å². The number of nitrogens with zero attached hydrogens (tertiary/aromatic N) is 3. The molecule has 2 aromatic carbocycles. The minimum Gasteiger partial charge on any atom is -0.492 e. The second-order valence-electron chi connectivity index (χ2n) is 6.95. The predicted octanol–water partition coefficient (Wildman–Crippen LogP) is 4.67. The summed E-state index contributed by atoms with van der Waals surface area (Å²) in [4.78, 5) is 22.5. The third kappa shape index (κ3) is 4.87. The molecule has 1 aliphatic heterocycles. The molecule has 8 heteroatoms. The van der Waals surface area contributed by atoms with Gasteiger partial charge in [0.2, 0.25) is 5.91 Å². The van der Waals surface area contributed by atoms with Gasteiger partial charge in [-0.15, -0.1) is 11.8 Å². The summed E-state index contributed by atoms with van der Waals surface area (Å²) in [5.74, 6) is 1.45. The fourth-order valence-electron chi connectivity index (χ4n) is 3.41. The Hall–Kier alpha value is -2.32. The van der Waals surface area contributed by atoms with E-state index in [2.05, 4.69) is 11.0 Å². The van der Waals surface area contributed by atoms with Crippen LogP contribution in [0.2, 0.25) is 0 Å². The normalized spacial score (nSPS) is 14.3. The number of halogens is 1. The first-order valence-electron chi connectivity index (χ1n) is 10.1. The molecule has 1 fully saturated rings. The minimum atomic E-state index is -0.240. The van der Waals surface area contributed by atoms with Crippen molar-refractivity contribution in [3.63, 3.8) is 0 Å². The summed E-state index contributed by atoms with van der Waals surface area (Å²) in [5.41, 5.74) is 0.913. The lowest BCUT2D eigenvalue weighted by atomic mass is 10.3. The van der Waals surface area contributed by atoms with Crippen LogP contribution in [0.1, 0.15) is 13.3 Å². The second-order valence-corrected chi connectivity index (χ2v) is 9.13. The lowest BCUT2D eigenvalue weighted by Crippen LogP contribution is -2.48. The number of aromatic nitrogens is 1. The number of amides is 1. The zero-order valence-electron chi connectivity index (χ0n) is 16.8. The number of carbonyl (C=O) groups is 1. The van der Waals surface area contributed by atoms with Crippen LogP contribution in [0.15, 0.2) is 47.4 Å². The number of piperazine rings is 1. The van der Waals surface area contributed by atoms with Crippen LogP contribution < -0.4 is 9.64 Å². The van der Waals surface area contributed by atoms with E-state index >= 15 is 0 Å². The zero-order chi connectivity index (χ0) is 20.9. The van der Waals surface area contributed by atoms with Crippen LogP contribution in [0.3, 0.4) is 0 Å². The van der Waals surface area contributed by atoms with E-state index in [1.54, 1.807) is 35.2 Å². The topological polar surface area (TPSA) is 45.7 Å². The van der Waals surface area contributed by atoms with Crippen molar-refractivity contribution in [1.82, 2.24) is 9.88 Å². The summed E-state index contributed by atoms with van der Waals surface area (Å²) in [6, 6.07) is 12.4. The van der Waals surface area contributed by atoms with Gasteiger partial charge in [-0.2, -0.15) is 0 Å². The Labute approximate surface area is 183 Å². The molecule has 0 unspecified atom stereocenters. The number of fused-ring (bicyclic) bond motifs is 1. The van der Waals surface area contributed by atoms with Gasteiger partial charge >= 0.3 is 0 Å². The number of para-hydroxylation sites is 1. The predicted molar refractivity (Wildman–Crippen MR) is 121 cm³/mol. The van der Waals surface area contributed by atoms with Gasteiger partial charge in [-0.25, -0.2) is 9.37 Å². The number of thiazole rings is 1. The maximum Gasteiger partial charge on any atom is 0.223 e. The number of carbonyl (C=O) groups excluding carboxylic acids is 1. The molecule has 4 rings (SSSR count). The van der Waals surface area contributed by atoms with Crippen molar-refractivity contribution in [2.24, 2.45) is 0 Å². The van der Waals surface area contributed by atoms with Crippen molar-refractivity contribution in [3.05, 3.63) is 48.3 Å². The SMILES string of the molecule is CCOc1cccc2sc(N3CCN(C(=O)CCSc4ccc(F)cc4)CC3)nc12. The molecular formula is C22H24FN3O2S2. The van der Waals surface area contributed by atoms with Crippen LogP contribution in [-0.4, -0.2) is 54.3 Å². The smallest absolute Gasteiger partial charge is 0.223 e. The molecule has 1 aromatic heterocycles. The highest BCUT2D eigenvalue weighted by Crippen LogP contribution is 2.34. The summed E-state index contributed by atoms with van der Waals surface area (Å²) >= 11 is 3.25. The van der Waals surface area contributed by atoms with Gasteiger partial charge in [0.25, 0.3) is 0 Å². The number of benzene rings is 2. The number of hydrogen-bond donors (Lipinski definition) is 0. The van der Waals surface area contributed by atoms with Gasteiger partial charge < -0.3 is 14.5 Å². The highest BCUT2D eigenvalue weighted by Gasteiger charge is 2.23. The van der Waals surface area contributed by atoms with E-state index in [0.29, 0.717) is 31.9 Å². The largest absolute Gasteiger partial charge is 0.492 e. The number of hydrogen-bond acceptors (Lipinski definition) is 6. The first kappa shape index (κ1) is 20.9. The molecule has 1 saturated heterocycles. The second kappa shape index (κ2) is 9.66. The monoisotopic (exact) mass is 445 g/mol. The first-order valence-corrected chi connectivity index (χ1v) is 11.9. The van der Waals surface area contributed by atoms with E-state index in [-0.39, 0.29) is 11.7 Å². The molecule has 0 saturated carbocycles. The fourth-order valence-corrected chi connectivity index (χ4v) is 5.29. The van der Waals surface area contributed by atoms with E-state index in [4.69, 9.17) is 9.72 Å². The van der Waals surface area contributed by atoms with Crippen molar-refractivity contribution in [2.45, 2.75) is 18.2 Å². The molecule has 2 heterocycles. The van der Waals surface area contributed by atoms with Gasteiger partial charge in [0.05, 0.1) is 11.3 Å². The summed E-state index contributed by atoms with van der Waals surface area (Å²) in [7, 11) is 0. The van der Waals surface area contributed by atoms with Gasteiger partial charge in [-0.3, -0.25) is 4.79 Å². The van der Waals surface area contributed by atoms with Gasteiger partial charge in [-0.1, -0.05) is 17.4 Å². The first-order chi connectivity index (χ1) is 14.6. The molecule has 1 amide bonds. The van der Waals surface area contributed by atoms with E-state index in [0.717, 1.165) is 39.1 Å². The summed E-state index contributed by atoms with van der Waals surface area (Å²) < 4.78 is 19.8. The lowest BCUT2D eigenvalue weighted by molar-refractivity contribution is -0.131. The number of rotatable bonds is 7. The Bertz CT molecular complexity index is 1000. The number of thioether (sulfide) groups is 1. The molecule has 0 aliphatic carbocycles. The van der Waals surface area contributed by atoms with Crippen LogP contribution in [0, 0.1) is 5.82 Å². The Morgan fingerprint density at radius 3 is 2.67 bits per heavy atom. The van der Waals surface area contributed by atoms with E-state index in [1.165, 1.54) is 12.1 Å². The van der Waals surface area contributed by atoms with Crippen LogP contribution in [0.5, 0.6) is 5.75 Å². The molecule has 0 bridgehead atoms. The molecule has 1 aliphatic rings. The standard InChI is InChI=1S/C22H24FN3O2S2/c1-2-28-18-4-3-5-19-21(18)24-22(30-19)26-13-11-25(12-14-26)20(27)10-15-29-17-8-6-16(23)7-9-17/h3-9H,2,10-15H2,1H3. The average Bonchev–Trinajstić information content (AvgIpc) is 3.21. The van der Waals surface area contributed by atoms with Crippen molar-refractivity contribution >= 4 is 44.4 Å². The van der Waals surface area contributed by atoms with E-state index in [9.17, 15) is 9.18 Å². The third-order valence-corrected chi connectivity index (χ3v) is 7.07. The Morgan fingerprint density at radius 2 is 1.93 bits per heavy atom. The lowest BCUT2D eigenvalue weighted by Gasteiger charge is -2.34. The van der Waals surface area contributed by atoms with E-state index in [1.807, 2.05) is 24.0 Å². The maximum absolute atomic E-state index is 13.0. The van der Waals surface area contributed by atoms with Crippen LogP contribution >= 0.6 is 23.1 Å². The Kier molecular flexibility index (Phi) is 6.74. The molecule has 30 heavy (non-hydrogen) atoms. The molecule has 3 aromatic rings. The number of anilines is 1. The molecular weight excluding hydrogens is 421 g/mol. The molecule has 5 nitrogen and oxygen atoms in total. The highest BCUT2D eigenvalue weighted by atomic mass is 32.2. The van der Waals surface area contributed by atoms with Crippen LogP contribution in [0.4, 0.5) is 9.52 Å². The number of ether oxygens (including phenoxy) is 1. The van der Waals surface area contributed by atoms with Crippen LogP contribution in [-0.2, 0) is 4.79 Å². The summed E-state index contributed by atoms with van der Waals surface area (Å²) in [6.45, 7) is 5.55. The Morgan fingerprint density at radius 1 is 1.17 bits per heavy atom. The Balaban J connectivity index is 1.29. The van der Waals surface area contributed by atoms with Gasteiger partial charge in [0.15, 0.2) is 5.13 Å². The van der Waals surface area contributed by atoms with Gasteiger partial charge in [0, 0.05) is 43.2 Å². The zero-order valence-corrected chi connectivity index (χ0v) is 18.5. The third-order valence-electron chi connectivity index (χ3n) is 4.97. The average molecular weight is 446 g/mol. The highest BCUT2D eigenvalue weighted by molar-refractivity contribution is 7.99. The van der Waals surface area contributed by atoms with Crippen molar-refractivity contribution in [3.8, 4) is 5.75 Å². The quantitative estimate of drug-likeness (QED) is 0.495. The van der Waals surface area contributed by atoms with E-state index < -0.39 is 0 Å². The molecule has 0 N–H and O–H groups in total. The molecule has 0 radical (unpaired) electrons. The van der Waals surface area contributed by atoms with Gasteiger partial charge in [0.1, 0.15) is 17.1 Å². The molecule has 0 atom stereocenters.